The number of pyridine rings is 2. The minimum atomic E-state index is 0.701. The second kappa shape index (κ2) is 27.2. The fraction of sp³-hybridized carbons (Fsp3) is 0.600. The number of hydrogen-bond acceptors (Lipinski definition) is 4. The van der Waals surface area contributed by atoms with E-state index in [1.54, 1.807) is 0 Å². The molecule has 4 nitrogen and oxygen atoms in total. The highest BCUT2D eigenvalue weighted by atomic mass is 16.5. The molecule has 0 bridgehead atoms. The van der Waals surface area contributed by atoms with Crippen LogP contribution in [0.3, 0.4) is 0 Å². The van der Waals surface area contributed by atoms with Crippen LogP contribution in [0.4, 0.5) is 0 Å². The monoisotopic (exact) mass is 801 g/mol. The third kappa shape index (κ3) is 17.1. The summed E-state index contributed by atoms with van der Waals surface area (Å²) in [6, 6.07) is 25.4. The van der Waals surface area contributed by atoms with Gasteiger partial charge in [0.05, 0.1) is 24.6 Å². The van der Waals surface area contributed by atoms with Gasteiger partial charge in [-0.1, -0.05) is 148 Å². The van der Waals surface area contributed by atoms with E-state index < -0.39 is 0 Å². The van der Waals surface area contributed by atoms with E-state index in [4.69, 9.17) is 19.4 Å². The number of nitrogens with zero attached hydrogens (tertiary/aromatic N) is 2. The molecule has 0 saturated heterocycles. The zero-order chi connectivity index (χ0) is 41.3. The highest BCUT2D eigenvalue weighted by Gasteiger charge is 2.22. The second-order valence-corrected chi connectivity index (χ2v) is 18.0. The Morgan fingerprint density at radius 3 is 1.19 bits per heavy atom. The fourth-order valence-electron chi connectivity index (χ4n) is 9.40. The van der Waals surface area contributed by atoms with Gasteiger partial charge in [-0.25, -0.2) is 0 Å². The summed E-state index contributed by atoms with van der Waals surface area (Å²) in [5.74, 6) is 5.73. The van der Waals surface area contributed by atoms with Crippen LogP contribution in [0, 0.1) is 23.7 Å². The average molecular weight is 801 g/mol. The lowest BCUT2D eigenvalue weighted by Gasteiger charge is -2.28. The van der Waals surface area contributed by atoms with Crippen molar-refractivity contribution in [2.75, 3.05) is 13.2 Å². The summed E-state index contributed by atoms with van der Waals surface area (Å²) in [5.41, 5.74) is 7.15. The molecule has 0 radical (unpaired) electrons. The van der Waals surface area contributed by atoms with Crippen LogP contribution in [0.1, 0.15) is 174 Å². The Labute approximate surface area is 360 Å². The van der Waals surface area contributed by atoms with Crippen LogP contribution >= 0.6 is 0 Å². The summed E-state index contributed by atoms with van der Waals surface area (Å²) in [7, 11) is 0. The molecule has 6 rings (SSSR count). The van der Waals surface area contributed by atoms with Gasteiger partial charge in [0.1, 0.15) is 11.5 Å². The minimum absolute atomic E-state index is 0.701. The molecule has 2 saturated carbocycles. The second-order valence-electron chi connectivity index (χ2n) is 18.0. The lowest BCUT2D eigenvalue weighted by molar-refractivity contribution is 0.249. The summed E-state index contributed by atoms with van der Waals surface area (Å²) in [5, 5.41) is 0. The Balaban J connectivity index is 0.000000224. The normalized spacial score (nSPS) is 19.1. The molecule has 2 fully saturated rings. The van der Waals surface area contributed by atoms with Crippen molar-refractivity contribution in [1.29, 1.82) is 0 Å². The van der Waals surface area contributed by atoms with Crippen molar-refractivity contribution in [2.45, 2.75) is 175 Å². The molecule has 2 aromatic heterocycles. The summed E-state index contributed by atoms with van der Waals surface area (Å²) in [4.78, 5) is 9.43. The van der Waals surface area contributed by atoms with Gasteiger partial charge in [0.25, 0.3) is 0 Å². The summed E-state index contributed by atoms with van der Waals surface area (Å²) >= 11 is 0. The van der Waals surface area contributed by atoms with Gasteiger partial charge >= 0.3 is 0 Å². The molecule has 2 aromatic carbocycles. The summed E-state index contributed by atoms with van der Waals surface area (Å²) in [6.45, 7) is 10.2. The van der Waals surface area contributed by atoms with Crippen molar-refractivity contribution in [3.8, 4) is 34.0 Å². The first-order valence-electron chi connectivity index (χ1n) is 24.4. The Bertz CT molecular complexity index is 1630. The van der Waals surface area contributed by atoms with E-state index in [9.17, 15) is 0 Å². The van der Waals surface area contributed by atoms with Gasteiger partial charge in [-0.2, -0.15) is 0 Å². The van der Waals surface area contributed by atoms with Crippen LogP contribution in [0.2, 0.25) is 0 Å². The molecule has 2 aliphatic carbocycles. The van der Waals surface area contributed by atoms with Crippen molar-refractivity contribution in [3.05, 3.63) is 96.3 Å². The molecule has 0 amide bonds. The van der Waals surface area contributed by atoms with E-state index in [0.717, 1.165) is 70.7 Å². The summed E-state index contributed by atoms with van der Waals surface area (Å²) < 4.78 is 11.2. The van der Waals surface area contributed by atoms with E-state index in [1.807, 2.05) is 31.2 Å². The number of unbranched alkanes of at least 4 members (excludes halogenated alkanes) is 6. The van der Waals surface area contributed by atoms with Crippen LogP contribution in [0.25, 0.3) is 22.5 Å². The van der Waals surface area contributed by atoms with Gasteiger partial charge in [-0.3, -0.25) is 9.97 Å². The summed E-state index contributed by atoms with van der Waals surface area (Å²) in [6.07, 6.45) is 36.1. The molecule has 0 unspecified atom stereocenters. The van der Waals surface area contributed by atoms with E-state index >= 15 is 0 Å². The third-order valence-corrected chi connectivity index (χ3v) is 13.3. The molecule has 0 spiro atoms. The van der Waals surface area contributed by atoms with Crippen molar-refractivity contribution < 1.29 is 9.47 Å². The molecule has 0 N–H and O–H groups in total. The van der Waals surface area contributed by atoms with E-state index in [-0.39, 0.29) is 0 Å². The SMILES string of the molecule is CCCCCCC1CCC(CCc2ccc(-c3ccc(OCC)cc3)nc2)CC1.CCCCCCC1CCC(CCc2ccc(-c3ccc(OCCC)cc3)nc2)CC1. The molecule has 4 heteroatoms. The highest BCUT2D eigenvalue weighted by molar-refractivity contribution is 5.61. The molecule has 0 atom stereocenters. The van der Waals surface area contributed by atoms with Crippen LogP contribution in [-0.4, -0.2) is 23.2 Å². The van der Waals surface area contributed by atoms with Crippen LogP contribution in [0.15, 0.2) is 85.2 Å². The molecule has 2 aliphatic rings. The van der Waals surface area contributed by atoms with Gasteiger partial charge in [-0.15, -0.1) is 0 Å². The number of aromatic nitrogens is 2. The standard InChI is InChI=1S/C28H41NO.C27H39NO/c1-3-5-6-7-8-23-9-11-24(12-10-23)13-14-25-15-20-28(29-22-25)26-16-18-27(19-17-26)30-21-4-2;1-3-5-6-7-8-22-9-11-23(12-10-22)13-14-24-15-20-27(28-21-24)25-16-18-26(19-17-25)29-4-2/h15-20,22-24H,3-14,21H2,1-2H3;15-23H,3-14H2,1-2H3. The maximum Gasteiger partial charge on any atom is 0.119 e. The number of hydrogen-bond donors (Lipinski definition) is 0. The molecular formula is C55H80N2O2. The Morgan fingerprint density at radius 2 is 0.831 bits per heavy atom. The van der Waals surface area contributed by atoms with E-state index in [0.29, 0.717) is 6.61 Å². The lowest BCUT2D eigenvalue weighted by atomic mass is 9.78. The quantitative estimate of drug-likeness (QED) is 0.0701. The zero-order valence-corrected chi connectivity index (χ0v) is 37.8. The number of benzene rings is 2. The van der Waals surface area contributed by atoms with Crippen molar-refractivity contribution in [1.82, 2.24) is 9.97 Å². The average Bonchev–Trinajstić information content (AvgIpc) is 3.29. The number of ether oxygens (including phenoxy) is 2. The highest BCUT2D eigenvalue weighted by Crippen LogP contribution is 2.36. The maximum absolute atomic E-state index is 5.67. The minimum Gasteiger partial charge on any atom is -0.494 e. The van der Waals surface area contributed by atoms with Crippen LogP contribution in [-0.2, 0) is 12.8 Å². The van der Waals surface area contributed by atoms with Gasteiger partial charge in [-0.05, 0) is 134 Å². The van der Waals surface area contributed by atoms with Gasteiger partial charge in [0, 0.05) is 23.5 Å². The first-order chi connectivity index (χ1) is 29.1. The zero-order valence-electron chi connectivity index (χ0n) is 37.8. The van der Waals surface area contributed by atoms with Gasteiger partial charge in [0.2, 0.25) is 0 Å². The van der Waals surface area contributed by atoms with E-state index in [1.165, 1.54) is 152 Å². The lowest BCUT2D eigenvalue weighted by Crippen LogP contribution is -2.15. The third-order valence-electron chi connectivity index (χ3n) is 13.3. The van der Waals surface area contributed by atoms with Crippen LogP contribution < -0.4 is 9.47 Å². The maximum atomic E-state index is 5.67. The predicted octanol–water partition coefficient (Wildman–Crippen LogP) is 16.1. The smallest absolute Gasteiger partial charge is 0.119 e. The van der Waals surface area contributed by atoms with Crippen molar-refractivity contribution in [3.63, 3.8) is 0 Å². The number of aryl methyl sites for hydroxylation is 2. The largest absolute Gasteiger partial charge is 0.494 e. The van der Waals surface area contributed by atoms with Gasteiger partial charge in [0.15, 0.2) is 0 Å². The van der Waals surface area contributed by atoms with E-state index in [2.05, 4.69) is 81.7 Å². The molecule has 59 heavy (non-hydrogen) atoms. The van der Waals surface area contributed by atoms with Crippen LogP contribution in [0.5, 0.6) is 11.5 Å². The number of rotatable bonds is 23. The van der Waals surface area contributed by atoms with Gasteiger partial charge < -0.3 is 9.47 Å². The Hall–Kier alpha value is -3.66. The first-order valence-corrected chi connectivity index (χ1v) is 24.4. The first kappa shape index (κ1) is 46.4. The van der Waals surface area contributed by atoms with Crippen molar-refractivity contribution >= 4 is 0 Å². The molecule has 2 heterocycles. The van der Waals surface area contributed by atoms with Crippen molar-refractivity contribution in [2.24, 2.45) is 23.7 Å². The molecule has 4 aromatic rings. The molecular weight excluding hydrogens is 721 g/mol. The topological polar surface area (TPSA) is 44.2 Å². The molecule has 322 valence electrons. The Kier molecular flexibility index (Phi) is 21.4. The Morgan fingerprint density at radius 1 is 0.424 bits per heavy atom. The fourth-order valence-corrected chi connectivity index (χ4v) is 9.40. The predicted molar refractivity (Wildman–Crippen MR) is 251 cm³/mol. The molecule has 0 aliphatic heterocycles.